The molecule has 4 nitrogen and oxygen atoms in total. The van der Waals surface area contributed by atoms with Gasteiger partial charge in [0.1, 0.15) is 5.15 Å². The largest absolute Gasteiger partial charge is 0.493 e. The van der Waals surface area contributed by atoms with Crippen molar-refractivity contribution < 1.29 is 9.47 Å². The predicted octanol–water partition coefficient (Wildman–Crippen LogP) is 3.69. The minimum atomic E-state index is 0.574. The summed E-state index contributed by atoms with van der Waals surface area (Å²) in [6, 6.07) is 5.65. The van der Waals surface area contributed by atoms with Crippen molar-refractivity contribution in [2.45, 2.75) is 25.7 Å². The van der Waals surface area contributed by atoms with Crippen molar-refractivity contribution in [3.05, 3.63) is 34.6 Å². The second-order valence-electron chi connectivity index (χ2n) is 5.04. The molecule has 0 fully saturated rings. The van der Waals surface area contributed by atoms with Gasteiger partial charge < -0.3 is 9.47 Å². The molecule has 1 aliphatic rings. The van der Waals surface area contributed by atoms with Crippen molar-refractivity contribution in [1.82, 2.24) is 9.97 Å². The molecule has 0 saturated carbocycles. The van der Waals surface area contributed by atoms with Crippen molar-refractivity contribution in [2.75, 3.05) is 14.2 Å². The molecule has 0 radical (unpaired) electrons. The fourth-order valence-corrected chi connectivity index (χ4v) is 2.94. The van der Waals surface area contributed by atoms with Crippen molar-refractivity contribution in [3.8, 4) is 22.9 Å². The predicted molar refractivity (Wildman–Crippen MR) is 82.2 cm³/mol. The summed E-state index contributed by atoms with van der Waals surface area (Å²) in [4.78, 5) is 9.13. The Morgan fingerprint density at radius 3 is 2.52 bits per heavy atom. The highest BCUT2D eigenvalue weighted by molar-refractivity contribution is 6.30. The molecule has 3 rings (SSSR count). The highest BCUT2D eigenvalue weighted by atomic mass is 35.5. The van der Waals surface area contributed by atoms with Crippen LogP contribution in [0.15, 0.2) is 18.2 Å². The number of hydrogen-bond donors (Lipinski definition) is 0. The molecule has 2 aromatic rings. The van der Waals surface area contributed by atoms with E-state index < -0.39 is 0 Å². The van der Waals surface area contributed by atoms with Gasteiger partial charge in [0.2, 0.25) is 0 Å². The van der Waals surface area contributed by atoms with Crippen LogP contribution in [0.1, 0.15) is 24.1 Å². The van der Waals surface area contributed by atoms with Crippen LogP contribution in [0, 0.1) is 0 Å². The number of halogens is 1. The maximum atomic E-state index is 6.32. The lowest BCUT2D eigenvalue weighted by Crippen LogP contribution is -2.08. The van der Waals surface area contributed by atoms with Crippen LogP contribution in [0.3, 0.4) is 0 Å². The van der Waals surface area contributed by atoms with E-state index in [1.165, 1.54) is 0 Å². The quantitative estimate of drug-likeness (QED) is 0.811. The van der Waals surface area contributed by atoms with Gasteiger partial charge in [0, 0.05) is 16.8 Å². The summed E-state index contributed by atoms with van der Waals surface area (Å²) in [6.07, 6.45) is 4.26. The summed E-state index contributed by atoms with van der Waals surface area (Å²) in [5.74, 6) is 1.99. The number of hydrogen-bond acceptors (Lipinski definition) is 4. The summed E-state index contributed by atoms with van der Waals surface area (Å²) >= 11 is 6.32. The molecule has 0 spiro atoms. The van der Waals surface area contributed by atoms with E-state index in [0.717, 1.165) is 42.5 Å². The molecule has 1 aromatic heterocycles. The lowest BCUT2D eigenvalue weighted by Gasteiger charge is -2.17. The van der Waals surface area contributed by atoms with Crippen LogP contribution in [-0.4, -0.2) is 24.2 Å². The summed E-state index contributed by atoms with van der Waals surface area (Å²) < 4.78 is 10.6. The molecule has 0 saturated heterocycles. The molecule has 0 amide bonds. The summed E-state index contributed by atoms with van der Waals surface area (Å²) in [6.45, 7) is 0. The Morgan fingerprint density at radius 1 is 1.00 bits per heavy atom. The number of fused-ring (bicyclic) bond motifs is 1. The standard InChI is InChI=1S/C16H17ClN2O2/c1-20-13-8-7-10(9-14(13)21-2)16-18-12-6-4-3-5-11(12)15(17)19-16/h7-9H,3-6H2,1-2H3. The number of benzene rings is 1. The Kier molecular flexibility index (Phi) is 3.97. The number of methoxy groups -OCH3 is 2. The van der Waals surface area contributed by atoms with Gasteiger partial charge in [-0.3, -0.25) is 0 Å². The molecule has 5 heteroatoms. The van der Waals surface area contributed by atoms with Crippen LogP contribution in [0.25, 0.3) is 11.4 Å². The maximum Gasteiger partial charge on any atom is 0.161 e. The Hall–Kier alpha value is -1.81. The fraction of sp³-hybridized carbons (Fsp3) is 0.375. The molecule has 0 N–H and O–H groups in total. The van der Waals surface area contributed by atoms with Crippen molar-refractivity contribution in [1.29, 1.82) is 0 Å². The van der Waals surface area contributed by atoms with Crippen LogP contribution in [-0.2, 0) is 12.8 Å². The van der Waals surface area contributed by atoms with E-state index >= 15 is 0 Å². The molecule has 0 atom stereocenters. The number of nitrogens with zero attached hydrogens (tertiary/aromatic N) is 2. The molecule has 1 aromatic carbocycles. The van der Waals surface area contributed by atoms with Gasteiger partial charge in [0.05, 0.1) is 14.2 Å². The average molecular weight is 305 g/mol. The molecule has 110 valence electrons. The van der Waals surface area contributed by atoms with Crippen LogP contribution in [0.2, 0.25) is 5.15 Å². The zero-order chi connectivity index (χ0) is 14.8. The minimum Gasteiger partial charge on any atom is -0.493 e. The van der Waals surface area contributed by atoms with E-state index in [-0.39, 0.29) is 0 Å². The Morgan fingerprint density at radius 2 is 1.76 bits per heavy atom. The van der Waals surface area contributed by atoms with Crippen LogP contribution >= 0.6 is 11.6 Å². The normalized spacial score (nSPS) is 13.7. The van der Waals surface area contributed by atoms with Gasteiger partial charge in [-0.15, -0.1) is 0 Å². The van der Waals surface area contributed by atoms with E-state index in [4.69, 9.17) is 21.1 Å². The topological polar surface area (TPSA) is 44.2 Å². The number of aromatic nitrogens is 2. The van der Waals surface area contributed by atoms with Crippen molar-refractivity contribution in [3.63, 3.8) is 0 Å². The molecular formula is C16H17ClN2O2. The zero-order valence-electron chi connectivity index (χ0n) is 12.1. The van der Waals surface area contributed by atoms with Gasteiger partial charge in [-0.2, -0.15) is 0 Å². The van der Waals surface area contributed by atoms with E-state index in [1.54, 1.807) is 14.2 Å². The highest BCUT2D eigenvalue weighted by Gasteiger charge is 2.18. The molecule has 21 heavy (non-hydrogen) atoms. The Labute approximate surface area is 129 Å². The van der Waals surface area contributed by atoms with Crippen LogP contribution in [0.4, 0.5) is 0 Å². The lowest BCUT2D eigenvalue weighted by atomic mass is 9.97. The van der Waals surface area contributed by atoms with Crippen molar-refractivity contribution >= 4 is 11.6 Å². The average Bonchev–Trinajstić information content (AvgIpc) is 2.54. The van der Waals surface area contributed by atoms with Gasteiger partial charge in [-0.1, -0.05) is 11.6 Å². The minimum absolute atomic E-state index is 0.574. The van der Waals surface area contributed by atoms with Gasteiger partial charge in [0.15, 0.2) is 17.3 Å². The van der Waals surface area contributed by atoms with E-state index in [0.29, 0.717) is 22.5 Å². The molecular weight excluding hydrogens is 288 g/mol. The summed E-state index contributed by atoms with van der Waals surface area (Å²) in [5.41, 5.74) is 3.06. The smallest absolute Gasteiger partial charge is 0.161 e. The first kappa shape index (κ1) is 14.1. The van der Waals surface area contributed by atoms with Gasteiger partial charge >= 0.3 is 0 Å². The monoisotopic (exact) mass is 304 g/mol. The second kappa shape index (κ2) is 5.90. The zero-order valence-corrected chi connectivity index (χ0v) is 12.9. The molecule has 1 aliphatic carbocycles. The van der Waals surface area contributed by atoms with Crippen LogP contribution < -0.4 is 9.47 Å². The van der Waals surface area contributed by atoms with Gasteiger partial charge in [-0.05, 0) is 43.9 Å². The first-order valence-electron chi connectivity index (χ1n) is 7.00. The first-order valence-corrected chi connectivity index (χ1v) is 7.38. The fourth-order valence-electron chi connectivity index (χ4n) is 2.65. The van der Waals surface area contributed by atoms with Crippen LogP contribution in [0.5, 0.6) is 11.5 Å². The van der Waals surface area contributed by atoms with E-state index in [1.807, 2.05) is 18.2 Å². The molecule has 0 bridgehead atoms. The van der Waals surface area contributed by atoms with Crippen molar-refractivity contribution in [2.24, 2.45) is 0 Å². The Balaban J connectivity index is 2.06. The number of ether oxygens (including phenoxy) is 2. The second-order valence-corrected chi connectivity index (χ2v) is 5.40. The third-order valence-corrected chi connectivity index (χ3v) is 4.09. The number of rotatable bonds is 3. The Bertz CT molecular complexity index is 674. The molecule has 1 heterocycles. The summed E-state index contributed by atoms with van der Waals surface area (Å²) in [5, 5.41) is 0.574. The summed E-state index contributed by atoms with van der Waals surface area (Å²) in [7, 11) is 3.23. The molecule has 0 aliphatic heterocycles. The third-order valence-electron chi connectivity index (χ3n) is 3.77. The van der Waals surface area contributed by atoms with E-state index in [9.17, 15) is 0 Å². The highest BCUT2D eigenvalue weighted by Crippen LogP contribution is 2.33. The van der Waals surface area contributed by atoms with E-state index in [2.05, 4.69) is 9.97 Å². The lowest BCUT2D eigenvalue weighted by molar-refractivity contribution is 0.355. The first-order chi connectivity index (χ1) is 10.2. The maximum absolute atomic E-state index is 6.32. The van der Waals surface area contributed by atoms with Gasteiger partial charge in [0.25, 0.3) is 0 Å². The molecule has 0 unspecified atom stereocenters. The SMILES string of the molecule is COc1ccc(-c2nc(Cl)c3c(n2)CCCC3)cc1OC. The number of aryl methyl sites for hydroxylation is 1. The van der Waals surface area contributed by atoms with Gasteiger partial charge in [-0.25, -0.2) is 9.97 Å². The third kappa shape index (κ3) is 2.68.